The summed E-state index contributed by atoms with van der Waals surface area (Å²) in [5.41, 5.74) is 2.57. The van der Waals surface area contributed by atoms with Gasteiger partial charge in [-0.3, -0.25) is 5.43 Å². The zero-order valence-corrected chi connectivity index (χ0v) is 9.81. The average Bonchev–Trinajstić information content (AvgIpc) is 2.76. The van der Waals surface area contributed by atoms with Crippen LogP contribution in [-0.2, 0) is 6.54 Å². The molecule has 0 radical (unpaired) electrons. The van der Waals surface area contributed by atoms with Crippen molar-refractivity contribution in [2.24, 2.45) is 10.8 Å². The van der Waals surface area contributed by atoms with Crippen molar-refractivity contribution in [3.8, 4) is 0 Å². The highest BCUT2D eigenvalue weighted by atomic mass is 32.1. The first-order chi connectivity index (χ1) is 7.36. The number of hydrazine groups is 1. The molecule has 0 atom stereocenters. The molecular formula is C10H18N4S. The van der Waals surface area contributed by atoms with Gasteiger partial charge in [0.1, 0.15) is 0 Å². The molecule has 0 aliphatic rings. The first-order valence-corrected chi connectivity index (χ1v) is 6.02. The predicted molar refractivity (Wildman–Crippen MR) is 65.7 cm³/mol. The Morgan fingerprint density at radius 1 is 1.60 bits per heavy atom. The topological polar surface area (TPSA) is 62.4 Å². The Morgan fingerprint density at radius 2 is 2.47 bits per heavy atom. The molecule has 84 valence electrons. The molecule has 0 aliphatic heterocycles. The van der Waals surface area contributed by atoms with Crippen LogP contribution in [0.5, 0.6) is 0 Å². The fraction of sp³-hybridized carbons (Fsp3) is 0.500. The Morgan fingerprint density at radius 3 is 3.07 bits per heavy atom. The maximum Gasteiger partial charge on any atom is 0.206 e. The van der Waals surface area contributed by atoms with Gasteiger partial charge < -0.3 is 5.32 Å². The Balaban J connectivity index is 2.33. The van der Waals surface area contributed by atoms with E-state index in [2.05, 4.69) is 28.7 Å². The van der Waals surface area contributed by atoms with Crippen molar-refractivity contribution in [3.05, 3.63) is 22.4 Å². The van der Waals surface area contributed by atoms with E-state index in [9.17, 15) is 0 Å². The number of hydrogen-bond donors (Lipinski definition) is 3. The van der Waals surface area contributed by atoms with E-state index in [0.29, 0.717) is 12.5 Å². The maximum absolute atomic E-state index is 5.35. The van der Waals surface area contributed by atoms with E-state index in [1.165, 1.54) is 4.88 Å². The summed E-state index contributed by atoms with van der Waals surface area (Å²) < 4.78 is 0. The van der Waals surface area contributed by atoms with Crippen molar-refractivity contribution < 1.29 is 0 Å². The predicted octanol–water partition coefficient (Wildman–Crippen LogP) is 1.46. The van der Waals surface area contributed by atoms with Gasteiger partial charge in [0.25, 0.3) is 0 Å². The third-order valence-electron chi connectivity index (χ3n) is 1.93. The molecule has 5 heteroatoms. The van der Waals surface area contributed by atoms with E-state index in [1.54, 1.807) is 11.3 Å². The minimum Gasteiger partial charge on any atom is -0.355 e. The SMILES string of the molecule is CCCCNC(=NCc1cccs1)NN. The summed E-state index contributed by atoms with van der Waals surface area (Å²) in [5, 5.41) is 5.20. The third-order valence-corrected chi connectivity index (χ3v) is 2.79. The molecule has 15 heavy (non-hydrogen) atoms. The van der Waals surface area contributed by atoms with Crippen molar-refractivity contribution in [3.63, 3.8) is 0 Å². The molecule has 0 aliphatic carbocycles. The van der Waals surface area contributed by atoms with E-state index >= 15 is 0 Å². The Hall–Kier alpha value is -1.07. The zero-order chi connectivity index (χ0) is 10.9. The lowest BCUT2D eigenvalue weighted by atomic mass is 10.3. The average molecular weight is 226 g/mol. The fourth-order valence-corrected chi connectivity index (χ4v) is 1.72. The summed E-state index contributed by atoms with van der Waals surface area (Å²) in [7, 11) is 0. The summed E-state index contributed by atoms with van der Waals surface area (Å²) in [5.74, 6) is 6.02. The van der Waals surface area contributed by atoms with Crippen LogP contribution in [0.3, 0.4) is 0 Å². The maximum atomic E-state index is 5.35. The van der Waals surface area contributed by atoms with Gasteiger partial charge in [-0.1, -0.05) is 19.4 Å². The zero-order valence-electron chi connectivity index (χ0n) is 8.99. The lowest BCUT2D eigenvalue weighted by molar-refractivity contribution is 0.732. The summed E-state index contributed by atoms with van der Waals surface area (Å²) in [6.07, 6.45) is 2.29. The number of aliphatic imine (C=N–C) groups is 1. The Kier molecular flexibility index (Phi) is 5.80. The molecule has 1 heterocycles. The highest BCUT2D eigenvalue weighted by Crippen LogP contribution is 2.08. The first-order valence-electron chi connectivity index (χ1n) is 5.14. The summed E-state index contributed by atoms with van der Waals surface area (Å²) in [4.78, 5) is 5.57. The molecule has 0 bridgehead atoms. The number of nitrogens with one attached hydrogen (secondary N) is 2. The van der Waals surface area contributed by atoms with E-state index in [0.717, 1.165) is 19.4 Å². The number of guanidine groups is 1. The van der Waals surface area contributed by atoms with Crippen LogP contribution in [-0.4, -0.2) is 12.5 Å². The van der Waals surface area contributed by atoms with E-state index in [4.69, 9.17) is 5.84 Å². The second kappa shape index (κ2) is 7.25. The standard InChI is InChI=1S/C10H18N4S/c1-2-3-6-12-10(14-11)13-8-9-5-4-7-15-9/h4-5,7H,2-3,6,8,11H2,1H3,(H2,12,13,14). The van der Waals surface area contributed by atoms with E-state index < -0.39 is 0 Å². The molecule has 1 aromatic heterocycles. The van der Waals surface area contributed by atoms with Gasteiger partial charge in [0.05, 0.1) is 6.54 Å². The van der Waals surface area contributed by atoms with Crippen molar-refractivity contribution in [2.75, 3.05) is 6.54 Å². The van der Waals surface area contributed by atoms with Gasteiger partial charge in [-0.25, -0.2) is 10.8 Å². The lowest BCUT2D eigenvalue weighted by Crippen LogP contribution is -2.41. The summed E-state index contributed by atoms with van der Waals surface area (Å²) in [6, 6.07) is 4.09. The number of unbranched alkanes of at least 4 members (excludes halogenated alkanes) is 1. The molecule has 4 N–H and O–H groups in total. The van der Waals surface area contributed by atoms with Gasteiger partial charge in [0.15, 0.2) is 0 Å². The van der Waals surface area contributed by atoms with Gasteiger partial charge in [-0.15, -0.1) is 11.3 Å². The molecule has 0 saturated heterocycles. The van der Waals surface area contributed by atoms with Crippen LogP contribution in [0.25, 0.3) is 0 Å². The number of nitrogens with two attached hydrogens (primary N) is 1. The number of rotatable bonds is 5. The normalized spacial score (nSPS) is 11.5. The molecular weight excluding hydrogens is 208 g/mol. The van der Waals surface area contributed by atoms with Crippen molar-refractivity contribution in [1.82, 2.24) is 10.7 Å². The highest BCUT2D eigenvalue weighted by Gasteiger charge is 1.95. The minimum absolute atomic E-state index is 0.664. The Labute approximate surface area is 94.6 Å². The second-order valence-electron chi connectivity index (χ2n) is 3.17. The van der Waals surface area contributed by atoms with Gasteiger partial charge in [-0.05, 0) is 17.9 Å². The van der Waals surface area contributed by atoms with Crippen LogP contribution in [0.1, 0.15) is 24.6 Å². The molecule has 1 rings (SSSR count). The summed E-state index contributed by atoms with van der Waals surface area (Å²) in [6.45, 7) is 3.74. The minimum atomic E-state index is 0.664. The van der Waals surface area contributed by atoms with Gasteiger partial charge in [0.2, 0.25) is 5.96 Å². The molecule has 0 unspecified atom stereocenters. The van der Waals surface area contributed by atoms with Crippen molar-refractivity contribution >= 4 is 17.3 Å². The van der Waals surface area contributed by atoms with Crippen LogP contribution >= 0.6 is 11.3 Å². The molecule has 0 fully saturated rings. The first kappa shape index (κ1) is 12.0. The largest absolute Gasteiger partial charge is 0.355 e. The fourth-order valence-electron chi connectivity index (χ4n) is 1.10. The van der Waals surface area contributed by atoms with Crippen LogP contribution in [0.15, 0.2) is 22.5 Å². The molecule has 0 aromatic carbocycles. The smallest absolute Gasteiger partial charge is 0.206 e. The quantitative estimate of drug-likeness (QED) is 0.234. The monoisotopic (exact) mass is 226 g/mol. The van der Waals surface area contributed by atoms with Gasteiger partial charge in [0, 0.05) is 11.4 Å². The highest BCUT2D eigenvalue weighted by molar-refractivity contribution is 7.09. The Bertz CT molecular complexity index is 282. The second-order valence-corrected chi connectivity index (χ2v) is 4.20. The van der Waals surface area contributed by atoms with Crippen LogP contribution in [0.4, 0.5) is 0 Å². The van der Waals surface area contributed by atoms with Crippen molar-refractivity contribution in [2.45, 2.75) is 26.3 Å². The van der Waals surface area contributed by atoms with Gasteiger partial charge >= 0.3 is 0 Å². The summed E-state index contributed by atoms with van der Waals surface area (Å²) >= 11 is 1.70. The number of hydrogen-bond acceptors (Lipinski definition) is 3. The number of thiophene rings is 1. The molecule has 4 nitrogen and oxygen atoms in total. The molecule has 1 aromatic rings. The van der Waals surface area contributed by atoms with E-state index in [-0.39, 0.29) is 0 Å². The van der Waals surface area contributed by atoms with Crippen LogP contribution < -0.4 is 16.6 Å². The number of nitrogens with zero attached hydrogens (tertiary/aromatic N) is 1. The lowest BCUT2D eigenvalue weighted by Gasteiger charge is -2.07. The molecule has 0 amide bonds. The van der Waals surface area contributed by atoms with Crippen LogP contribution in [0, 0.1) is 0 Å². The van der Waals surface area contributed by atoms with E-state index in [1.807, 2.05) is 11.4 Å². The molecule has 0 saturated carbocycles. The van der Waals surface area contributed by atoms with Crippen LogP contribution in [0.2, 0.25) is 0 Å². The third kappa shape index (κ3) is 4.80. The van der Waals surface area contributed by atoms with Gasteiger partial charge in [-0.2, -0.15) is 0 Å². The van der Waals surface area contributed by atoms with Crippen molar-refractivity contribution in [1.29, 1.82) is 0 Å². The molecule has 0 spiro atoms.